The molecule has 0 spiro atoms. The van der Waals surface area contributed by atoms with E-state index in [9.17, 15) is 0 Å². The summed E-state index contributed by atoms with van der Waals surface area (Å²) in [6.45, 7) is 0. The second-order valence-corrected chi connectivity index (χ2v) is 0. The SMILES string of the molecule is [F-].[F-].[F-].[F-].[F-].[F-].[F-].[Lu+3].[Zr+4]. The van der Waals surface area contributed by atoms with Crippen molar-refractivity contribution in [3.63, 3.8) is 0 Å². The van der Waals surface area contributed by atoms with Crippen LogP contribution in [0.5, 0.6) is 0 Å². The summed E-state index contributed by atoms with van der Waals surface area (Å²) in [5.41, 5.74) is 0. The topological polar surface area (TPSA) is 0 Å². The van der Waals surface area contributed by atoms with Crippen LogP contribution in [0.2, 0.25) is 0 Å². The van der Waals surface area contributed by atoms with Crippen LogP contribution in [-0.2, 0) is 26.2 Å². The number of hydrogen-bond donors (Lipinski definition) is 0. The van der Waals surface area contributed by atoms with Gasteiger partial charge in [-0.3, -0.25) is 0 Å². The fourth-order valence-electron chi connectivity index (χ4n) is 0. The summed E-state index contributed by atoms with van der Waals surface area (Å²) in [7, 11) is 0. The van der Waals surface area contributed by atoms with Gasteiger partial charge in [-0.1, -0.05) is 0 Å². The first-order chi connectivity index (χ1) is 0. The van der Waals surface area contributed by atoms with Gasteiger partial charge in [0, 0.05) is 0 Å². The van der Waals surface area contributed by atoms with Crippen LogP contribution in [0.15, 0.2) is 0 Å². The van der Waals surface area contributed by atoms with Crippen molar-refractivity contribution in [2.45, 2.75) is 0 Å². The van der Waals surface area contributed by atoms with Crippen LogP contribution in [0.1, 0.15) is 0 Å². The molecule has 0 aromatic rings. The molecule has 0 bridgehead atoms. The van der Waals surface area contributed by atoms with Crippen molar-refractivity contribution in [2.24, 2.45) is 0 Å². The molecule has 9 heteroatoms. The fraction of sp³-hybridized carbons (Fsp3) is 0. The average Bonchev–Trinajstić information content (AvgIpc) is 0. The van der Waals surface area contributed by atoms with Crippen LogP contribution in [0.4, 0.5) is 0 Å². The Kier molecular flexibility index (Phi) is 11200. The minimum atomic E-state index is 0. The summed E-state index contributed by atoms with van der Waals surface area (Å²) < 4.78 is 0. The summed E-state index contributed by atoms with van der Waals surface area (Å²) in [6, 6.07) is 0. The predicted molar refractivity (Wildman–Crippen MR) is 0 cm³/mol. The van der Waals surface area contributed by atoms with Gasteiger partial charge in [0.1, 0.15) is 0 Å². The van der Waals surface area contributed by atoms with Crippen molar-refractivity contribution in [3.8, 4) is 0 Å². The first kappa shape index (κ1) is 372. The number of rotatable bonds is 0. The molecule has 0 nitrogen and oxygen atoms in total. The van der Waals surface area contributed by atoms with Gasteiger partial charge in [-0.2, -0.15) is 0 Å². The Bertz CT molecular complexity index is 8.88. The first-order valence-corrected chi connectivity index (χ1v) is 0. The second-order valence-electron chi connectivity index (χ2n) is 0. The summed E-state index contributed by atoms with van der Waals surface area (Å²) in [5, 5.41) is 0. The van der Waals surface area contributed by atoms with Gasteiger partial charge < -0.3 is 32.9 Å². The molecule has 0 aliphatic heterocycles. The van der Waals surface area contributed by atoms with Gasteiger partial charge in [0.2, 0.25) is 0 Å². The molecule has 0 radical (unpaired) electrons. The molecule has 0 saturated heterocycles. The van der Waals surface area contributed by atoms with Crippen LogP contribution in [0.3, 0.4) is 0 Å². The van der Waals surface area contributed by atoms with Crippen LogP contribution in [0, 0.1) is 36.9 Å². The summed E-state index contributed by atoms with van der Waals surface area (Å²) in [6.07, 6.45) is 0. The molecule has 0 saturated carbocycles. The summed E-state index contributed by atoms with van der Waals surface area (Å²) in [5.74, 6) is 0. The van der Waals surface area contributed by atoms with Gasteiger partial charge in [0.25, 0.3) is 0 Å². The van der Waals surface area contributed by atoms with Crippen LogP contribution >= 0.6 is 0 Å². The molecule has 68 valence electrons. The van der Waals surface area contributed by atoms with E-state index in [1.807, 2.05) is 0 Å². The molecule has 0 unspecified atom stereocenters. The second kappa shape index (κ2) is 271. The molecule has 0 heterocycles. The van der Waals surface area contributed by atoms with E-state index in [0.29, 0.717) is 0 Å². The third kappa shape index (κ3) is 212. The maximum Gasteiger partial charge on any atom is 4.00 e. The van der Waals surface area contributed by atoms with Gasteiger partial charge >= 0.3 is 63.1 Å². The largest absolute Gasteiger partial charge is 4.00 e. The Balaban J connectivity index is 0. The minimum absolute atomic E-state index is 0. The predicted octanol–water partition coefficient (Wildman–Crippen LogP) is -21.0. The zero-order chi connectivity index (χ0) is 0. The standard InChI is InChI=1S/7FH.Lu.Zr/h7*1H;;/q;;;;;;;+3;+4/p-7. The van der Waals surface area contributed by atoms with E-state index in [-0.39, 0.29) is 96.0 Å². The minimum Gasteiger partial charge on any atom is -1.00 e. The molecular weight excluding hydrogens is 399 g/mol. The molecular formula is F7LuZr. The normalized spacial score (nSPS) is 0. The van der Waals surface area contributed by atoms with Gasteiger partial charge in [0.05, 0.1) is 0 Å². The molecule has 0 N–H and O–H groups in total. The fourth-order valence-corrected chi connectivity index (χ4v) is 0. The van der Waals surface area contributed by atoms with E-state index in [1.54, 1.807) is 0 Å². The molecule has 0 aromatic carbocycles. The van der Waals surface area contributed by atoms with Crippen LogP contribution < -0.4 is 32.9 Å². The zero-order valence-corrected chi connectivity index (χ0v) is 7.52. The Morgan fingerprint density at radius 1 is 0.333 bits per heavy atom. The molecule has 9 heavy (non-hydrogen) atoms. The maximum atomic E-state index is 0. The molecule has 0 aliphatic carbocycles. The van der Waals surface area contributed by atoms with Crippen molar-refractivity contribution in [2.75, 3.05) is 0 Å². The van der Waals surface area contributed by atoms with Crippen molar-refractivity contribution in [1.29, 1.82) is 0 Å². The molecule has 0 fully saturated rings. The third-order valence-electron chi connectivity index (χ3n) is 0. The van der Waals surface area contributed by atoms with Crippen molar-refractivity contribution in [3.05, 3.63) is 0 Å². The average molecular weight is 399 g/mol. The van der Waals surface area contributed by atoms with E-state index >= 15 is 0 Å². The van der Waals surface area contributed by atoms with Crippen molar-refractivity contribution >= 4 is 0 Å². The van der Waals surface area contributed by atoms with Gasteiger partial charge in [-0.15, -0.1) is 0 Å². The Hall–Kier alpha value is 1.63. The summed E-state index contributed by atoms with van der Waals surface area (Å²) >= 11 is 0. The quantitative estimate of drug-likeness (QED) is 0.355. The van der Waals surface area contributed by atoms with Crippen LogP contribution in [0.25, 0.3) is 0 Å². The molecule has 0 amide bonds. The van der Waals surface area contributed by atoms with Gasteiger partial charge in [-0.05, 0) is 0 Å². The molecule has 0 aliphatic rings. The summed E-state index contributed by atoms with van der Waals surface area (Å²) in [4.78, 5) is 0. The van der Waals surface area contributed by atoms with Crippen molar-refractivity contribution in [1.82, 2.24) is 0 Å². The Morgan fingerprint density at radius 3 is 0.333 bits per heavy atom. The van der Waals surface area contributed by atoms with Crippen molar-refractivity contribution < 1.29 is 96.0 Å². The molecule has 0 rings (SSSR count). The smallest absolute Gasteiger partial charge is 1.00 e. The first-order valence-electron chi connectivity index (χ1n) is 0. The monoisotopic (exact) mass is 398 g/mol. The van der Waals surface area contributed by atoms with E-state index in [4.69, 9.17) is 0 Å². The van der Waals surface area contributed by atoms with Gasteiger partial charge in [0.15, 0.2) is 0 Å². The number of hydrogen-bond acceptors (Lipinski definition) is 0. The Morgan fingerprint density at radius 2 is 0.333 bits per heavy atom. The third-order valence-corrected chi connectivity index (χ3v) is 0. The zero-order valence-electron chi connectivity index (χ0n) is 3.40. The van der Waals surface area contributed by atoms with Crippen LogP contribution in [-0.4, -0.2) is 0 Å². The van der Waals surface area contributed by atoms with E-state index in [1.165, 1.54) is 0 Å². The molecule has 0 atom stereocenters. The molecule has 0 aromatic heterocycles. The Labute approximate surface area is 95.0 Å². The van der Waals surface area contributed by atoms with E-state index in [0.717, 1.165) is 0 Å². The van der Waals surface area contributed by atoms with Gasteiger partial charge in [-0.25, -0.2) is 0 Å². The maximum absolute atomic E-state index is 0. The number of halogens is 7. The van der Waals surface area contributed by atoms with E-state index in [2.05, 4.69) is 0 Å². The van der Waals surface area contributed by atoms with E-state index < -0.39 is 0 Å².